The van der Waals surface area contributed by atoms with Gasteiger partial charge in [0, 0.05) is 5.56 Å². The van der Waals surface area contributed by atoms with Crippen molar-refractivity contribution in [2.75, 3.05) is 7.11 Å². The van der Waals surface area contributed by atoms with Gasteiger partial charge in [-0.25, -0.2) is 9.18 Å². The van der Waals surface area contributed by atoms with Gasteiger partial charge in [0.15, 0.2) is 0 Å². The van der Waals surface area contributed by atoms with Gasteiger partial charge in [-0.3, -0.25) is 4.79 Å². The Morgan fingerprint density at radius 1 is 1.16 bits per heavy atom. The van der Waals surface area contributed by atoms with E-state index in [0.29, 0.717) is 16.3 Å². The van der Waals surface area contributed by atoms with Crippen LogP contribution in [0.5, 0.6) is 5.75 Å². The van der Waals surface area contributed by atoms with Crippen molar-refractivity contribution in [3.8, 4) is 5.75 Å². The smallest absolute Gasteiger partial charge is 0.346 e. The molecular formula is C18H16FN3O3. The minimum absolute atomic E-state index is 0.182. The maximum Gasteiger partial charge on any atom is 0.346 e. The minimum atomic E-state index is -1.25. The first-order chi connectivity index (χ1) is 12.0. The Morgan fingerprint density at radius 2 is 1.84 bits per heavy atom. The topological polar surface area (TPSA) is 71.0 Å². The van der Waals surface area contributed by atoms with Crippen LogP contribution < -0.4 is 10.1 Å². The highest BCUT2D eigenvalue weighted by atomic mass is 19.1. The molecule has 6 nitrogen and oxygen atoms in total. The monoisotopic (exact) mass is 341 g/mol. The highest BCUT2D eigenvalue weighted by molar-refractivity contribution is 6.07. The van der Waals surface area contributed by atoms with Crippen molar-refractivity contribution < 1.29 is 18.7 Å². The van der Waals surface area contributed by atoms with Crippen molar-refractivity contribution in [2.45, 2.75) is 12.5 Å². The molecule has 0 aromatic heterocycles. The number of carbonyl (C=O) groups is 2. The van der Waals surface area contributed by atoms with E-state index in [0.717, 1.165) is 6.21 Å². The van der Waals surface area contributed by atoms with Crippen molar-refractivity contribution in [1.82, 2.24) is 10.3 Å². The van der Waals surface area contributed by atoms with Gasteiger partial charge in [-0.1, -0.05) is 30.3 Å². The van der Waals surface area contributed by atoms with Crippen LogP contribution in [0.1, 0.15) is 18.1 Å². The van der Waals surface area contributed by atoms with Crippen LogP contribution in [0.2, 0.25) is 0 Å². The molecule has 3 rings (SSSR count). The Labute approximate surface area is 143 Å². The summed E-state index contributed by atoms with van der Waals surface area (Å²) in [6.45, 7) is 1.59. The lowest BCUT2D eigenvalue weighted by atomic mass is 9.92. The fraction of sp³-hybridized carbons (Fsp3) is 0.167. The van der Waals surface area contributed by atoms with E-state index in [-0.39, 0.29) is 5.56 Å². The van der Waals surface area contributed by atoms with E-state index in [2.05, 4.69) is 10.4 Å². The zero-order chi connectivity index (χ0) is 18.0. The molecule has 1 fully saturated rings. The number of nitrogens with zero attached hydrogens (tertiary/aromatic N) is 2. The fourth-order valence-corrected chi connectivity index (χ4v) is 2.55. The maximum atomic E-state index is 13.6. The molecule has 1 saturated heterocycles. The predicted octanol–water partition coefficient (Wildman–Crippen LogP) is 2.64. The van der Waals surface area contributed by atoms with E-state index in [1.165, 1.54) is 12.1 Å². The molecule has 0 saturated carbocycles. The highest BCUT2D eigenvalue weighted by Gasteiger charge is 2.49. The Hall–Kier alpha value is -3.22. The van der Waals surface area contributed by atoms with E-state index in [1.54, 1.807) is 50.4 Å². The van der Waals surface area contributed by atoms with E-state index >= 15 is 0 Å². The second kappa shape index (κ2) is 6.35. The van der Waals surface area contributed by atoms with Crippen LogP contribution in [0.25, 0.3) is 0 Å². The Bertz CT molecular complexity index is 851. The number of rotatable bonds is 4. The molecule has 2 aromatic rings. The molecule has 0 bridgehead atoms. The number of imide groups is 1. The van der Waals surface area contributed by atoms with Crippen molar-refractivity contribution >= 4 is 18.2 Å². The third-order valence-corrected chi connectivity index (χ3v) is 4.05. The number of hydrogen-bond donors (Lipinski definition) is 1. The summed E-state index contributed by atoms with van der Waals surface area (Å²) in [4.78, 5) is 24.9. The summed E-state index contributed by atoms with van der Waals surface area (Å²) in [6.07, 6.45) is 1.15. The summed E-state index contributed by atoms with van der Waals surface area (Å²) in [5.41, 5.74) is -0.480. The molecule has 1 aliphatic heterocycles. The van der Waals surface area contributed by atoms with Gasteiger partial charge in [-0.05, 0) is 30.7 Å². The van der Waals surface area contributed by atoms with Crippen molar-refractivity contribution in [1.29, 1.82) is 0 Å². The number of carbonyl (C=O) groups excluding carboxylic acids is 2. The van der Waals surface area contributed by atoms with Crippen LogP contribution in [0.3, 0.4) is 0 Å². The number of urea groups is 1. The van der Waals surface area contributed by atoms with Gasteiger partial charge in [-0.2, -0.15) is 5.10 Å². The van der Waals surface area contributed by atoms with Gasteiger partial charge in [-0.15, -0.1) is 5.01 Å². The summed E-state index contributed by atoms with van der Waals surface area (Å²) in [5.74, 6) is -0.398. The van der Waals surface area contributed by atoms with E-state index in [9.17, 15) is 14.0 Å². The molecule has 1 aliphatic rings. The van der Waals surface area contributed by atoms with Crippen LogP contribution in [-0.4, -0.2) is 30.3 Å². The first kappa shape index (κ1) is 16.6. The van der Waals surface area contributed by atoms with Gasteiger partial charge in [0.2, 0.25) is 0 Å². The number of halogens is 1. The zero-order valence-corrected chi connectivity index (χ0v) is 13.7. The zero-order valence-electron chi connectivity index (χ0n) is 13.7. The molecule has 2 aromatic carbocycles. The lowest BCUT2D eigenvalue weighted by molar-refractivity contribution is -0.131. The first-order valence-corrected chi connectivity index (χ1v) is 7.55. The van der Waals surface area contributed by atoms with Gasteiger partial charge >= 0.3 is 6.03 Å². The molecule has 7 heteroatoms. The highest BCUT2D eigenvalue weighted by Crippen LogP contribution is 2.30. The summed E-state index contributed by atoms with van der Waals surface area (Å²) in [6, 6.07) is 12.1. The number of hydrazone groups is 1. The Kier molecular flexibility index (Phi) is 4.22. The van der Waals surface area contributed by atoms with Crippen LogP contribution in [-0.2, 0) is 10.3 Å². The number of amides is 3. The summed E-state index contributed by atoms with van der Waals surface area (Å²) < 4.78 is 18.7. The number of hydrogen-bond acceptors (Lipinski definition) is 4. The third kappa shape index (κ3) is 2.96. The first-order valence-electron chi connectivity index (χ1n) is 7.55. The van der Waals surface area contributed by atoms with E-state index < -0.39 is 23.3 Å². The van der Waals surface area contributed by atoms with Gasteiger partial charge in [0.05, 0.1) is 13.3 Å². The average molecular weight is 341 g/mol. The fourth-order valence-electron chi connectivity index (χ4n) is 2.55. The van der Waals surface area contributed by atoms with E-state index in [1.807, 2.05) is 0 Å². The molecule has 1 atom stereocenters. The second-order valence-corrected chi connectivity index (χ2v) is 5.67. The molecule has 0 unspecified atom stereocenters. The number of ether oxygens (including phenoxy) is 1. The minimum Gasteiger partial charge on any atom is -0.497 e. The molecule has 0 radical (unpaired) electrons. The molecule has 3 amide bonds. The van der Waals surface area contributed by atoms with Crippen LogP contribution >= 0.6 is 0 Å². The molecule has 0 spiro atoms. The normalized spacial score (nSPS) is 20.2. The number of benzene rings is 2. The third-order valence-electron chi connectivity index (χ3n) is 4.05. The summed E-state index contributed by atoms with van der Waals surface area (Å²) >= 11 is 0. The predicted molar refractivity (Wildman–Crippen MR) is 89.7 cm³/mol. The average Bonchev–Trinajstić information content (AvgIpc) is 2.84. The van der Waals surface area contributed by atoms with Crippen molar-refractivity contribution in [3.05, 3.63) is 65.5 Å². The molecule has 0 aliphatic carbocycles. The molecule has 1 N–H and O–H groups in total. The number of methoxy groups -OCH3 is 1. The lowest BCUT2D eigenvalue weighted by Crippen LogP contribution is -2.40. The maximum absolute atomic E-state index is 13.6. The van der Waals surface area contributed by atoms with Crippen LogP contribution in [0.4, 0.5) is 9.18 Å². The Balaban J connectivity index is 1.87. The Morgan fingerprint density at radius 3 is 2.48 bits per heavy atom. The van der Waals surface area contributed by atoms with Crippen molar-refractivity contribution in [3.63, 3.8) is 0 Å². The summed E-state index contributed by atoms with van der Waals surface area (Å²) in [5, 5.41) is 7.18. The van der Waals surface area contributed by atoms with Gasteiger partial charge < -0.3 is 10.1 Å². The lowest BCUT2D eigenvalue weighted by Gasteiger charge is -2.21. The SMILES string of the molecule is COc1ccc([C@@]2(C)NC(=O)N(N=Cc3ccccc3F)C2=O)cc1. The summed E-state index contributed by atoms with van der Waals surface area (Å²) in [7, 11) is 1.54. The van der Waals surface area contributed by atoms with Crippen LogP contribution in [0.15, 0.2) is 53.6 Å². The standard InChI is InChI=1S/C18H16FN3O3/c1-18(13-7-9-14(25-2)10-8-13)16(23)22(17(24)21-18)20-11-12-5-3-4-6-15(12)19/h3-11H,1-2H3,(H,21,24)/t18-/m1/s1. The molecule has 25 heavy (non-hydrogen) atoms. The largest absolute Gasteiger partial charge is 0.497 e. The quantitative estimate of drug-likeness (QED) is 0.686. The molecular weight excluding hydrogens is 325 g/mol. The molecule has 1 heterocycles. The number of nitrogens with one attached hydrogen (secondary N) is 1. The van der Waals surface area contributed by atoms with Crippen LogP contribution in [0, 0.1) is 5.82 Å². The van der Waals surface area contributed by atoms with E-state index in [4.69, 9.17) is 4.74 Å². The second-order valence-electron chi connectivity index (χ2n) is 5.67. The molecule has 128 valence electrons. The van der Waals surface area contributed by atoms with Gasteiger partial charge in [0.1, 0.15) is 17.1 Å². The van der Waals surface area contributed by atoms with Crippen molar-refractivity contribution in [2.24, 2.45) is 5.10 Å². The van der Waals surface area contributed by atoms with Gasteiger partial charge in [0.25, 0.3) is 5.91 Å².